The average Bonchev–Trinajstić information content (AvgIpc) is 3.12. The number of carboxylic acid groups (broad SMARTS) is 1. The van der Waals surface area contributed by atoms with Crippen molar-refractivity contribution < 1.29 is 19.4 Å². The molecule has 5 nitrogen and oxygen atoms in total. The lowest BCUT2D eigenvalue weighted by molar-refractivity contribution is 0.0691. The van der Waals surface area contributed by atoms with Crippen molar-refractivity contribution in [1.29, 1.82) is 0 Å². The molecular weight excluding hydrogens is 270 g/mol. The van der Waals surface area contributed by atoms with Crippen LogP contribution < -0.4 is 9.47 Å². The zero-order valence-corrected chi connectivity index (χ0v) is 10.9. The Balaban J connectivity index is 1.91. The van der Waals surface area contributed by atoms with Crippen molar-refractivity contribution in [2.75, 3.05) is 6.79 Å². The molecule has 0 saturated carbocycles. The molecule has 3 aromatic rings. The maximum Gasteiger partial charge on any atom is 0.352 e. The van der Waals surface area contributed by atoms with Gasteiger partial charge in [0, 0.05) is 10.9 Å². The Morgan fingerprint density at radius 3 is 2.81 bits per heavy atom. The highest BCUT2D eigenvalue weighted by atomic mass is 16.7. The highest BCUT2D eigenvalue weighted by molar-refractivity contribution is 6.01. The van der Waals surface area contributed by atoms with Gasteiger partial charge in [0.25, 0.3) is 0 Å². The first-order chi connectivity index (χ1) is 10.2. The molecule has 4 rings (SSSR count). The molecule has 0 unspecified atom stereocenters. The number of rotatable bonds is 2. The smallest absolute Gasteiger partial charge is 0.352 e. The number of nitrogens with one attached hydrogen (secondary N) is 1. The van der Waals surface area contributed by atoms with E-state index in [-0.39, 0.29) is 12.5 Å². The molecule has 0 spiro atoms. The van der Waals surface area contributed by atoms with E-state index in [0.717, 1.165) is 27.8 Å². The number of carbonyl (C=O) groups is 1. The van der Waals surface area contributed by atoms with Gasteiger partial charge in [0.05, 0.1) is 0 Å². The fourth-order valence-corrected chi connectivity index (χ4v) is 2.59. The maximum atomic E-state index is 11.1. The van der Waals surface area contributed by atoms with Crippen LogP contribution in [0.15, 0.2) is 42.5 Å². The summed E-state index contributed by atoms with van der Waals surface area (Å²) in [5.74, 6) is 0.465. The van der Waals surface area contributed by atoms with Crippen molar-refractivity contribution >= 4 is 16.9 Å². The first-order valence-corrected chi connectivity index (χ1v) is 6.47. The molecule has 104 valence electrons. The van der Waals surface area contributed by atoms with Crippen LogP contribution >= 0.6 is 0 Å². The first-order valence-electron chi connectivity index (χ1n) is 6.47. The van der Waals surface area contributed by atoms with Crippen LogP contribution in [0.2, 0.25) is 0 Å². The molecule has 0 bridgehead atoms. The lowest BCUT2D eigenvalue weighted by Crippen LogP contribution is -1.94. The lowest BCUT2D eigenvalue weighted by Gasteiger charge is -2.05. The third-order valence-electron chi connectivity index (χ3n) is 3.58. The van der Waals surface area contributed by atoms with E-state index in [9.17, 15) is 4.79 Å². The lowest BCUT2D eigenvalue weighted by atomic mass is 10.0. The predicted molar refractivity (Wildman–Crippen MR) is 76.8 cm³/mol. The first kappa shape index (κ1) is 11.8. The monoisotopic (exact) mass is 281 g/mol. The minimum absolute atomic E-state index is 0.179. The number of hydrogen-bond acceptors (Lipinski definition) is 3. The second-order valence-electron chi connectivity index (χ2n) is 4.82. The summed E-state index contributed by atoms with van der Waals surface area (Å²) < 4.78 is 10.7. The molecule has 0 atom stereocenters. The van der Waals surface area contributed by atoms with Crippen LogP contribution in [0.25, 0.3) is 22.0 Å². The number of aromatic nitrogens is 1. The molecule has 0 saturated heterocycles. The zero-order chi connectivity index (χ0) is 14.4. The molecule has 2 aromatic carbocycles. The number of fused-ring (bicyclic) bond motifs is 2. The van der Waals surface area contributed by atoms with Gasteiger partial charge in [0.2, 0.25) is 6.79 Å². The SMILES string of the molecule is O=C(O)c1cc2c(-c3ccc4c(c3)OCO4)cccc2[nH]1. The summed E-state index contributed by atoms with van der Waals surface area (Å²) in [5.41, 5.74) is 2.89. The van der Waals surface area contributed by atoms with Gasteiger partial charge in [-0.3, -0.25) is 0 Å². The minimum Gasteiger partial charge on any atom is -0.477 e. The quantitative estimate of drug-likeness (QED) is 0.756. The molecule has 2 N–H and O–H groups in total. The Kier molecular flexibility index (Phi) is 2.41. The van der Waals surface area contributed by atoms with Crippen molar-refractivity contribution in [3.63, 3.8) is 0 Å². The summed E-state index contributed by atoms with van der Waals surface area (Å²) in [7, 11) is 0. The summed E-state index contributed by atoms with van der Waals surface area (Å²) in [6.45, 7) is 0.232. The second kappa shape index (κ2) is 4.28. The van der Waals surface area contributed by atoms with Gasteiger partial charge < -0.3 is 19.6 Å². The highest BCUT2D eigenvalue weighted by Gasteiger charge is 2.16. The average molecular weight is 281 g/mol. The Labute approximate surface area is 119 Å². The molecule has 1 aliphatic heterocycles. The van der Waals surface area contributed by atoms with Crippen molar-refractivity contribution in [3.05, 3.63) is 48.2 Å². The molecule has 0 amide bonds. The fourth-order valence-electron chi connectivity index (χ4n) is 2.59. The number of aromatic amines is 1. The van der Waals surface area contributed by atoms with Crippen LogP contribution in [0.3, 0.4) is 0 Å². The number of carboxylic acids is 1. The van der Waals surface area contributed by atoms with Gasteiger partial charge in [-0.15, -0.1) is 0 Å². The number of ether oxygens (including phenoxy) is 2. The molecule has 2 heterocycles. The van der Waals surface area contributed by atoms with Crippen LogP contribution in [-0.2, 0) is 0 Å². The third-order valence-corrected chi connectivity index (χ3v) is 3.58. The third kappa shape index (κ3) is 1.82. The molecular formula is C16H11NO4. The van der Waals surface area contributed by atoms with Crippen molar-refractivity contribution in [2.45, 2.75) is 0 Å². The van der Waals surface area contributed by atoms with E-state index in [1.165, 1.54) is 0 Å². The standard InChI is InChI=1S/C16H11NO4/c18-16(19)13-7-11-10(2-1-3-12(11)17-13)9-4-5-14-15(6-9)21-8-20-14/h1-7,17H,8H2,(H,18,19). The molecule has 5 heteroatoms. The van der Waals surface area contributed by atoms with E-state index in [4.69, 9.17) is 14.6 Å². The van der Waals surface area contributed by atoms with E-state index >= 15 is 0 Å². The van der Waals surface area contributed by atoms with E-state index in [1.807, 2.05) is 36.4 Å². The number of aromatic carboxylic acids is 1. The summed E-state index contributed by atoms with van der Waals surface area (Å²) in [6, 6.07) is 13.1. The van der Waals surface area contributed by atoms with Gasteiger partial charge in [-0.05, 0) is 35.4 Å². The summed E-state index contributed by atoms with van der Waals surface area (Å²) in [5, 5.41) is 9.98. The van der Waals surface area contributed by atoms with Gasteiger partial charge in [-0.1, -0.05) is 18.2 Å². The predicted octanol–water partition coefficient (Wildman–Crippen LogP) is 3.26. The van der Waals surface area contributed by atoms with Crippen LogP contribution in [-0.4, -0.2) is 22.9 Å². The van der Waals surface area contributed by atoms with Gasteiger partial charge in [-0.2, -0.15) is 0 Å². The molecule has 0 radical (unpaired) electrons. The minimum atomic E-state index is -0.970. The summed E-state index contributed by atoms with van der Waals surface area (Å²) in [6.07, 6.45) is 0. The fraction of sp³-hybridized carbons (Fsp3) is 0.0625. The molecule has 1 aromatic heterocycles. The van der Waals surface area contributed by atoms with Crippen LogP contribution in [0.5, 0.6) is 11.5 Å². The van der Waals surface area contributed by atoms with Crippen LogP contribution in [0.1, 0.15) is 10.5 Å². The maximum absolute atomic E-state index is 11.1. The van der Waals surface area contributed by atoms with E-state index < -0.39 is 5.97 Å². The zero-order valence-electron chi connectivity index (χ0n) is 10.9. The number of benzene rings is 2. The molecule has 0 aliphatic carbocycles. The van der Waals surface area contributed by atoms with Crippen molar-refractivity contribution in [3.8, 4) is 22.6 Å². The van der Waals surface area contributed by atoms with Crippen molar-refractivity contribution in [1.82, 2.24) is 4.98 Å². The summed E-state index contributed by atoms with van der Waals surface area (Å²) >= 11 is 0. The van der Waals surface area contributed by atoms with E-state index in [2.05, 4.69) is 4.98 Å². The highest BCUT2D eigenvalue weighted by Crippen LogP contribution is 2.38. The largest absolute Gasteiger partial charge is 0.477 e. The van der Waals surface area contributed by atoms with Gasteiger partial charge in [-0.25, -0.2) is 4.79 Å². The van der Waals surface area contributed by atoms with Crippen LogP contribution in [0, 0.1) is 0 Å². The van der Waals surface area contributed by atoms with Crippen molar-refractivity contribution in [2.24, 2.45) is 0 Å². The summed E-state index contributed by atoms with van der Waals surface area (Å²) in [4.78, 5) is 14.0. The molecule has 21 heavy (non-hydrogen) atoms. The van der Waals surface area contributed by atoms with Gasteiger partial charge in [0.15, 0.2) is 11.5 Å². The Hall–Kier alpha value is -2.95. The number of H-pyrrole nitrogens is 1. The number of hydrogen-bond donors (Lipinski definition) is 2. The van der Waals surface area contributed by atoms with E-state index in [1.54, 1.807) is 6.07 Å². The molecule has 1 aliphatic rings. The Bertz CT molecular complexity index is 866. The van der Waals surface area contributed by atoms with Gasteiger partial charge in [0.1, 0.15) is 5.69 Å². The topological polar surface area (TPSA) is 71.6 Å². The Morgan fingerprint density at radius 2 is 1.95 bits per heavy atom. The molecule has 0 fully saturated rings. The Morgan fingerprint density at radius 1 is 1.10 bits per heavy atom. The normalized spacial score (nSPS) is 12.8. The van der Waals surface area contributed by atoms with Gasteiger partial charge >= 0.3 is 5.97 Å². The van der Waals surface area contributed by atoms with E-state index in [0.29, 0.717) is 5.75 Å². The van der Waals surface area contributed by atoms with Crippen LogP contribution in [0.4, 0.5) is 0 Å². The second-order valence-corrected chi connectivity index (χ2v) is 4.82.